The van der Waals surface area contributed by atoms with Gasteiger partial charge in [-0.1, -0.05) is 23.2 Å². The number of nitrogens with zero attached hydrogens (tertiary/aromatic N) is 1. The fourth-order valence-electron chi connectivity index (χ4n) is 2.54. The predicted octanol–water partition coefficient (Wildman–Crippen LogP) is 2.58. The van der Waals surface area contributed by atoms with Crippen LogP contribution in [0.1, 0.15) is 31.0 Å². The first-order chi connectivity index (χ1) is 8.42. The quantitative estimate of drug-likeness (QED) is 0.899. The molecule has 0 saturated carbocycles. The molecule has 0 spiro atoms. The van der Waals surface area contributed by atoms with Crippen molar-refractivity contribution in [3.05, 3.63) is 33.3 Å². The number of aliphatic hydroxyl groups excluding tert-OH is 1. The molecule has 1 heterocycles. The van der Waals surface area contributed by atoms with E-state index in [0.717, 1.165) is 11.1 Å². The summed E-state index contributed by atoms with van der Waals surface area (Å²) in [7, 11) is 0. The number of hydrogen-bond donors (Lipinski definition) is 2. The van der Waals surface area contributed by atoms with Crippen LogP contribution in [0.2, 0.25) is 10.0 Å². The Labute approximate surface area is 117 Å². The maximum absolute atomic E-state index is 9.54. The SMILES string of the molecule is CC(C)(CO)N1Cc2c(Cl)ccc(Cl)c2C1CN. The third kappa shape index (κ3) is 2.15. The molecule has 100 valence electrons. The minimum absolute atomic E-state index is 0.00773. The molecule has 0 saturated heterocycles. The highest BCUT2D eigenvalue weighted by Crippen LogP contribution is 2.44. The molecule has 0 amide bonds. The van der Waals surface area contributed by atoms with E-state index >= 15 is 0 Å². The Morgan fingerprint density at radius 2 is 2.00 bits per heavy atom. The van der Waals surface area contributed by atoms with E-state index in [4.69, 9.17) is 28.9 Å². The molecular weight excluding hydrogens is 271 g/mol. The summed E-state index contributed by atoms with van der Waals surface area (Å²) in [6.07, 6.45) is 0. The summed E-state index contributed by atoms with van der Waals surface area (Å²) in [6, 6.07) is 3.63. The Morgan fingerprint density at radius 3 is 2.56 bits per heavy atom. The van der Waals surface area contributed by atoms with Crippen LogP contribution < -0.4 is 5.73 Å². The summed E-state index contributed by atoms with van der Waals surface area (Å²) in [5.41, 5.74) is 7.57. The summed E-state index contributed by atoms with van der Waals surface area (Å²) in [6.45, 7) is 5.17. The number of rotatable bonds is 3. The van der Waals surface area contributed by atoms with Crippen molar-refractivity contribution in [1.82, 2.24) is 4.90 Å². The van der Waals surface area contributed by atoms with Crippen molar-refractivity contribution in [2.24, 2.45) is 5.73 Å². The van der Waals surface area contributed by atoms with Gasteiger partial charge in [-0.2, -0.15) is 0 Å². The summed E-state index contributed by atoms with van der Waals surface area (Å²) in [5.74, 6) is 0. The Kier molecular flexibility index (Phi) is 3.90. The van der Waals surface area contributed by atoms with Gasteiger partial charge in [-0.05, 0) is 37.1 Å². The number of benzene rings is 1. The van der Waals surface area contributed by atoms with E-state index in [0.29, 0.717) is 23.1 Å². The zero-order valence-corrected chi connectivity index (χ0v) is 12.1. The first-order valence-electron chi connectivity index (χ1n) is 5.97. The van der Waals surface area contributed by atoms with Crippen molar-refractivity contribution in [2.75, 3.05) is 13.2 Å². The molecule has 1 aliphatic heterocycles. The molecule has 2 rings (SSSR count). The van der Waals surface area contributed by atoms with Crippen LogP contribution in [0.25, 0.3) is 0 Å². The van der Waals surface area contributed by atoms with Crippen LogP contribution in [-0.4, -0.2) is 28.7 Å². The van der Waals surface area contributed by atoms with E-state index in [1.807, 2.05) is 19.9 Å². The van der Waals surface area contributed by atoms with E-state index in [2.05, 4.69) is 4.90 Å². The van der Waals surface area contributed by atoms with Gasteiger partial charge in [0.05, 0.1) is 6.61 Å². The third-order valence-electron chi connectivity index (χ3n) is 3.67. The van der Waals surface area contributed by atoms with E-state index in [-0.39, 0.29) is 18.2 Å². The summed E-state index contributed by atoms with van der Waals surface area (Å²) in [5, 5.41) is 10.9. The van der Waals surface area contributed by atoms with Crippen LogP contribution in [0.15, 0.2) is 12.1 Å². The van der Waals surface area contributed by atoms with Crippen molar-refractivity contribution in [3.63, 3.8) is 0 Å². The molecule has 0 fully saturated rings. The Bertz CT molecular complexity index is 463. The average Bonchev–Trinajstić information content (AvgIpc) is 2.75. The van der Waals surface area contributed by atoms with Crippen LogP contribution in [0.3, 0.4) is 0 Å². The lowest BCUT2D eigenvalue weighted by molar-refractivity contribution is 0.0293. The number of halogens is 2. The maximum Gasteiger partial charge on any atom is 0.0610 e. The van der Waals surface area contributed by atoms with Crippen molar-refractivity contribution in [2.45, 2.75) is 32.0 Å². The minimum Gasteiger partial charge on any atom is -0.394 e. The van der Waals surface area contributed by atoms with Crippen LogP contribution in [0.5, 0.6) is 0 Å². The molecule has 1 aliphatic rings. The second kappa shape index (κ2) is 4.99. The van der Waals surface area contributed by atoms with Gasteiger partial charge < -0.3 is 10.8 Å². The molecule has 1 aromatic carbocycles. The fraction of sp³-hybridized carbons (Fsp3) is 0.538. The Morgan fingerprint density at radius 1 is 1.39 bits per heavy atom. The first-order valence-corrected chi connectivity index (χ1v) is 6.72. The smallest absolute Gasteiger partial charge is 0.0610 e. The van der Waals surface area contributed by atoms with Gasteiger partial charge in [0, 0.05) is 34.7 Å². The molecule has 0 radical (unpaired) electrons. The summed E-state index contributed by atoms with van der Waals surface area (Å²) in [4.78, 5) is 2.16. The number of hydrogen-bond acceptors (Lipinski definition) is 3. The van der Waals surface area contributed by atoms with E-state index in [1.54, 1.807) is 6.07 Å². The van der Waals surface area contributed by atoms with Gasteiger partial charge in [0.15, 0.2) is 0 Å². The normalized spacial score (nSPS) is 20.2. The molecule has 1 atom stereocenters. The molecule has 3 N–H and O–H groups in total. The van der Waals surface area contributed by atoms with Crippen LogP contribution in [0, 0.1) is 0 Å². The molecular formula is C13H18Cl2N2O. The van der Waals surface area contributed by atoms with Gasteiger partial charge in [0.2, 0.25) is 0 Å². The number of nitrogens with two attached hydrogens (primary N) is 1. The molecule has 1 unspecified atom stereocenters. The molecule has 0 aromatic heterocycles. The van der Waals surface area contributed by atoms with Crippen LogP contribution >= 0.6 is 23.2 Å². The third-order valence-corrected chi connectivity index (χ3v) is 4.36. The first kappa shape index (κ1) is 14.1. The second-order valence-corrected chi connectivity index (χ2v) is 6.09. The zero-order chi connectivity index (χ0) is 13.5. The lowest BCUT2D eigenvalue weighted by Gasteiger charge is -2.38. The van der Waals surface area contributed by atoms with Gasteiger partial charge in [-0.15, -0.1) is 0 Å². The lowest BCUT2D eigenvalue weighted by Crippen LogP contribution is -2.47. The van der Waals surface area contributed by atoms with Gasteiger partial charge in [-0.25, -0.2) is 0 Å². The van der Waals surface area contributed by atoms with Crippen molar-refractivity contribution in [3.8, 4) is 0 Å². The van der Waals surface area contributed by atoms with Gasteiger partial charge in [0.25, 0.3) is 0 Å². The van der Waals surface area contributed by atoms with Crippen LogP contribution in [0.4, 0.5) is 0 Å². The molecule has 5 heteroatoms. The largest absolute Gasteiger partial charge is 0.394 e. The number of fused-ring (bicyclic) bond motifs is 1. The Balaban J connectivity index is 2.50. The van der Waals surface area contributed by atoms with E-state index in [1.165, 1.54) is 0 Å². The van der Waals surface area contributed by atoms with Crippen molar-refractivity contribution >= 4 is 23.2 Å². The monoisotopic (exact) mass is 288 g/mol. The standard InChI is InChI=1S/C13H18Cl2N2O/c1-13(2,7-18)17-6-8-9(14)3-4-10(15)12(8)11(17)5-16/h3-4,11,18H,5-7,16H2,1-2H3. The average molecular weight is 289 g/mol. The van der Waals surface area contributed by atoms with Gasteiger partial charge in [0.1, 0.15) is 0 Å². The minimum atomic E-state index is -0.351. The fourth-order valence-corrected chi connectivity index (χ4v) is 3.07. The van der Waals surface area contributed by atoms with E-state index in [9.17, 15) is 5.11 Å². The molecule has 0 aliphatic carbocycles. The van der Waals surface area contributed by atoms with Gasteiger partial charge >= 0.3 is 0 Å². The maximum atomic E-state index is 9.54. The Hall–Kier alpha value is -0.320. The summed E-state index contributed by atoms with van der Waals surface area (Å²) < 4.78 is 0. The van der Waals surface area contributed by atoms with E-state index < -0.39 is 0 Å². The number of aliphatic hydroxyl groups is 1. The topological polar surface area (TPSA) is 49.5 Å². The van der Waals surface area contributed by atoms with Crippen molar-refractivity contribution < 1.29 is 5.11 Å². The zero-order valence-electron chi connectivity index (χ0n) is 10.6. The second-order valence-electron chi connectivity index (χ2n) is 5.27. The van der Waals surface area contributed by atoms with Crippen molar-refractivity contribution in [1.29, 1.82) is 0 Å². The van der Waals surface area contributed by atoms with Crippen LogP contribution in [-0.2, 0) is 6.54 Å². The lowest BCUT2D eigenvalue weighted by atomic mass is 10.0. The molecule has 18 heavy (non-hydrogen) atoms. The molecule has 3 nitrogen and oxygen atoms in total. The van der Waals surface area contributed by atoms with Gasteiger partial charge in [-0.3, -0.25) is 4.90 Å². The predicted molar refractivity (Wildman–Crippen MR) is 75.0 cm³/mol. The highest BCUT2D eigenvalue weighted by molar-refractivity contribution is 6.34. The summed E-state index contributed by atoms with van der Waals surface area (Å²) >= 11 is 12.5. The molecule has 1 aromatic rings. The molecule has 0 bridgehead atoms. The highest BCUT2D eigenvalue weighted by Gasteiger charge is 2.40. The highest BCUT2D eigenvalue weighted by atomic mass is 35.5.